The number of methoxy groups -OCH3 is 1. The monoisotopic (exact) mass is 502 g/mol. The maximum Gasteiger partial charge on any atom is 0.281 e. The molecule has 1 aromatic heterocycles. The van der Waals surface area contributed by atoms with Crippen LogP contribution in [0.4, 0.5) is 0 Å². The molecule has 8 nitrogen and oxygen atoms in total. The van der Waals surface area contributed by atoms with Gasteiger partial charge in [-0.1, -0.05) is 25.4 Å². The lowest BCUT2D eigenvalue weighted by Gasteiger charge is -2.17. The number of nitrogens with zero attached hydrogens (tertiary/aromatic N) is 1. The molecule has 10 heteroatoms. The van der Waals surface area contributed by atoms with Crippen LogP contribution in [0.2, 0.25) is 5.02 Å². The summed E-state index contributed by atoms with van der Waals surface area (Å²) in [5.74, 6) is -0.585. The fourth-order valence-corrected chi connectivity index (χ4v) is 4.74. The number of likely N-dealkylation sites (N-methyl/N-ethyl adjacent to an activating group) is 1. The highest BCUT2D eigenvalue weighted by atomic mass is 35.5. The number of carbonyl (C=O) groups excluding carboxylic acids is 3. The summed E-state index contributed by atoms with van der Waals surface area (Å²) in [5.41, 5.74) is 5.52. The molecule has 0 spiro atoms. The number of ether oxygens (including phenoxy) is 1. The van der Waals surface area contributed by atoms with E-state index in [1.54, 1.807) is 37.4 Å². The Morgan fingerprint density at radius 3 is 2.18 bits per heavy atom. The lowest BCUT2D eigenvalue weighted by Crippen LogP contribution is -2.41. The van der Waals surface area contributed by atoms with Gasteiger partial charge in [0.1, 0.15) is 10.6 Å². The molecule has 0 saturated carbocycles. The summed E-state index contributed by atoms with van der Waals surface area (Å²) in [7, 11) is 1.56. The van der Waals surface area contributed by atoms with E-state index in [0.717, 1.165) is 29.7 Å². The Kier molecular flexibility index (Phi) is 8.86. The number of nitrogens with one attached hydrogen (secondary N) is 3. The van der Waals surface area contributed by atoms with Gasteiger partial charge in [-0.3, -0.25) is 25.2 Å². The molecule has 0 bridgehead atoms. The van der Waals surface area contributed by atoms with Gasteiger partial charge in [-0.25, -0.2) is 0 Å². The fourth-order valence-electron chi connectivity index (χ4n) is 3.30. The lowest BCUT2D eigenvalue weighted by atomic mass is 10.1. The molecule has 0 aliphatic carbocycles. The first-order valence-corrected chi connectivity index (χ1v) is 12.0. The first-order valence-electron chi connectivity index (χ1n) is 10.8. The third-order valence-electron chi connectivity index (χ3n) is 5.35. The summed E-state index contributed by atoms with van der Waals surface area (Å²) in [6.45, 7) is 7.32. The van der Waals surface area contributed by atoms with E-state index in [-0.39, 0.29) is 10.8 Å². The van der Waals surface area contributed by atoms with Crippen LogP contribution in [0.1, 0.15) is 44.2 Å². The standard InChI is InChI=1S/C24H27ClN4O4S/c1-4-29(5-2)13-12-26-22(30)15-6-8-16(9-7-15)23(31)27-28-24(32)21-20(25)18-11-10-17(33-3)14-19(18)34-21/h6-11,14H,4-5,12-13H2,1-3H3,(H,26,30)(H,27,31)(H,28,32). The molecule has 0 radical (unpaired) electrons. The van der Waals surface area contributed by atoms with Gasteiger partial charge in [0.05, 0.1) is 12.1 Å². The Morgan fingerprint density at radius 2 is 1.56 bits per heavy atom. The molecule has 0 saturated heterocycles. The van der Waals surface area contributed by atoms with Crippen molar-refractivity contribution in [1.29, 1.82) is 0 Å². The van der Waals surface area contributed by atoms with Crippen molar-refractivity contribution < 1.29 is 19.1 Å². The highest BCUT2D eigenvalue weighted by Gasteiger charge is 2.18. The highest BCUT2D eigenvalue weighted by molar-refractivity contribution is 7.21. The van der Waals surface area contributed by atoms with Crippen LogP contribution < -0.4 is 20.9 Å². The molecule has 34 heavy (non-hydrogen) atoms. The number of carbonyl (C=O) groups is 3. The Hall–Kier alpha value is -3.14. The first kappa shape index (κ1) is 25.5. The van der Waals surface area contributed by atoms with E-state index < -0.39 is 11.8 Å². The minimum absolute atomic E-state index is 0.205. The van der Waals surface area contributed by atoms with Gasteiger partial charge in [0, 0.05) is 34.3 Å². The van der Waals surface area contributed by atoms with Gasteiger partial charge in [-0.2, -0.15) is 0 Å². The summed E-state index contributed by atoms with van der Waals surface area (Å²) < 4.78 is 6.00. The number of hydrogen-bond acceptors (Lipinski definition) is 6. The van der Waals surface area contributed by atoms with E-state index >= 15 is 0 Å². The largest absolute Gasteiger partial charge is 0.497 e. The van der Waals surface area contributed by atoms with Gasteiger partial charge in [0.15, 0.2) is 0 Å². The molecule has 0 unspecified atom stereocenters. The predicted octanol–water partition coefficient (Wildman–Crippen LogP) is 3.71. The molecule has 3 N–H and O–H groups in total. The van der Waals surface area contributed by atoms with Gasteiger partial charge in [-0.15, -0.1) is 11.3 Å². The summed E-state index contributed by atoms with van der Waals surface area (Å²) in [6.07, 6.45) is 0. The number of thiophene rings is 1. The number of halogens is 1. The Morgan fingerprint density at radius 1 is 0.941 bits per heavy atom. The van der Waals surface area contributed by atoms with E-state index in [2.05, 4.69) is 34.9 Å². The van der Waals surface area contributed by atoms with Gasteiger partial charge in [0.2, 0.25) is 0 Å². The molecule has 3 aromatic rings. The van der Waals surface area contributed by atoms with Crippen LogP contribution in [-0.4, -0.2) is 55.9 Å². The molecular weight excluding hydrogens is 476 g/mol. The van der Waals surface area contributed by atoms with Crippen molar-refractivity contribution in [3.63, 3.8) is 0 Å². The van der Waals surface area contributed by atoms with Crippen molar-refractivity contribution in [2.75, 3.05) is 33.3 Å². The van der Waals surface area contributed by atoms with E-state index in [4.69, 9.17) is 16.3 Å². The maximum absolute atomic E-state index is 12.6. The number of amides is 3. The Labute approximate surface area is 207 Å². The van der Waals surface area contributed by atoms with E-state index in [9.17, 15) is 14.4 Å². The SMILES string of the molecule is CCN(CC)CCNC(=O)c1ccc(C(=O)NNC(=O)c2sc3cc(OC)ccc3c2Cl)cc1. The van der Waals surface area contributed by atoms with Crippen molar-refractivity contribution in [1.82, 2.24) is 21.1 Å². The zero-order valence-corrected chi connectivity index (χ0v) is 20.8. The normalized spacial score (nSPS) is 10.9. The lowest BCUT2D eigenvalue weighted by molar-refractivity contribution is 0.0849. The minimum Gasteiger partial charge on any atom is -0.497 e. The van der Waals surface area contributed by atoms with E-state index in [1.807, 2.05) is 0 Å². The average Bonchev–Trinajstić information content (AvgIpc) is 3.20. The first-order chi connectivity index (χ1) is 16.4. The van der Waals surface area contributed by atoms with Crippen molar-refractivity contribution in [2.24, 2.45) is 0 Å². The Bertz CT molecular complexity index is 1180. The molecule has 0 aliphatic heterocycles. The second-order valence-electron chi connectivity index (χ2n) is 7.38. The molecule has 0 aliphatic rings. The highest BCUT2D eigenvalue weighted by Crippen LogP contribution is 2.37. The number of hydrogen-bond donors (Lipinski definition) is 3. The van der Waals surface area contributed by atoms with Gasteiger partial charge in [-0.05, 0) is 55.6 Å². The molecule has 0 atom stereocenters. The molecule has 3 rings (SSSR count). The van der Waals surface area contributed by atoms with Crippen LogP contribution in [0.3, 0.4) is 0 Å². The summed E-state index contributed by atoms with van der Waals surface area (Å²) in [5, 5.41) is 3.91. The fraction of sp³-hybridized carbons (Fsp3) is 0.292. The number of hydrazine groups is 1. The second-order valence-corrected chi connectivity index (χ2v) is 8.81. The van der Waals surface area contributed by atoms with E-state index in [1.165, 1.54) is 23.5 Å². The van der Waals surface area contributed by atoms with Crippen LogP contribution in [0, 0.1) is 0 Å². The average molecular weight is 503 g/mol. The predicted molar refractivity (Wildman–Crippen MR) is 135 cm³/mol. The molecule has 1 heterocycles. The van der Waals surface area contributed by atoms with Gasteiger partial charge in [0.25, 0.3) is 17.7 Å². The van der Waals surface area contributed by atoms with Crippen LogP contribution >= 0.6 is 22.9 Å². The molecule has 0 fully saturated rings. The number of fused-ring (bicyclic) bond motifs is 1. The quantitative estimate of drug-likeness (QED) is 0.387. The number of benzene rings is 2. The van der Waals surface area contributed by atoms with Crippen LogP contribution in [0.15, 0.2) is 42.5 Å². The van der Waals surface area contributed by atoms with Gasteiger partial charge < -0.3 is 15.0 Å². The van der Waals surface area contributed by atoms with Crippen LogP contribution in [0.5, 0.6) is 5.75 Å². The third kappa shape index (κ3) is 6.05. The van der Waals surface area contributed by atoms with Crippen molar-refractivity contribution in [3.8, 4) is 5.75 Å². The van der Waals surface area contributed by atoms with Gasteiger partial charge >= 0.3 is 0 Å². The summed E-state index contributed by atoms with van der Waals surface area (Å²) >= 11 is 7.55. The Balaban J connectivity index is 1.56. The zero-order valence-electron chi connectivity index (χ0n) is 19.2. The van der Waals surface area contributed by atoms with Crippen molar-refractivity contribution >= 4 is 50.7 Å². The van der Waals surface area contributed by atoms with Crippen molar-refractivity contribution in [2.45, 2.75) is 13.8 Å². The molecular formula is C24H27ClN4O4S. The smallest absolute Gasteiger partial charge is 0.281 e. The van der Waals surface area contributed by atoms with Crippen molar-refractivity contribution in [3.05, 3.63) is 63.5 Å². The molecule has 180 valence electrons. The van der Waals surface area contributed by atoms with E-state index in [0.29, 0.717) is 28.4 Å². The molecule has 3 amide bonds. The topological polar surface area (TPSA) is 99.8 Å². The third-order valence-corrected chi connectivity index (χ3v) is 7.01. The minimum atomic E-state index is -0.525. The van der Waals surface area contributed by atoms with Crippen LogP contribution in [-0.2, 0) is 0 Å². The zero-order chi connectivity index (χ0) is 24.7. The molecule has 2 aromatic carbocycles. The number of rotatable bonds is 9. The second kappa shape index (κ2) is 11.8. The maximum atomic E-state index is 12.6. The summed E-state index contributed by atoms with van der Waals surface area (Å²) in [6, 6.07) is 11.5. The van der Waals surface area contributed by atoms with Crippen LogP contribution in [0.25, 0.3) is 10.1 Å². The summed E-state index contributed by atoms with van der Waals surface area (Å²) in [4.78, 5) is 39.8.